The number of hydrogen-bond acceptors (Lipinski definition) is 5. The monoisotopic (exact) mass is 471 g/mol. The molecule has 0 radical (unpaired) electrons. The Morgan fingerprint density at radius 3 is 2.46 bits per heavy atom. The molecule has 4 aromatic rings. The largest absolute Gasteiger partial charge is 0.310 e. The maximum atomic E-state index is 13.8. The SMILES string of the molecule is Cc1ccc(-c2cc(C(C)(F)F)cnn2)cc1-c1ccnc(-c2ccnc(NC(=O)C3CC3)c2)c1. The van der Waals surface area contributed by atoms with E-state index in [1.807, 2.05) is 49.4 Å². The van der Waals surface area contributed by atoms with Gasteiger partial charge in [-0.3, -0.25) is 9.78 Å². The molecule has 1 aliphatic rings. The zero-order valence-electron chi connectivity index (χ0n) is 19.3. The molecule has 5 rings (SSSR count). The number of pyridine rings is 2. The number of hydrogen-bond donors (Lipinski definition) is 1. The van der Waals surface area contributed by atoms with Crippen LogP contribution in [-0.2, 0) is 10.7 Å². The van der Waals surface area contributed by atoms with Crippen LogP contribution in [0.15, 0.2) is 67.1 Å². The highest BCUT2D eigenvalue weighted by atomic mass is 19.3. The third-order valence-corrected chi connectivity index (χ3v) is 6.02. The first-order chi connectivity index (χ1) is 16.8. The van der Waals surface area contributed by atoms with Gasteiger partial charge < -0.3 is 5.32 Å². The van der Waals surface area contributed by atoms with Gasteiger partial charge in [0.05, 0.1) is 17.6 Å². The summed E-state index contributed by atoms with van der Waals surface area (Å²) in [6.45, 7) is 2.83. The van der Waals surface area contributed by atoms with E-state index < -0.39 is 5.92 Å². The van der Waals surface area contributed by atoms with Gasteiger partial charge in [-0.15, -0.1) is 0 Å². The van der Waals surface area contributed by atoms with Crippen molar-refractivity contribution in [3.63, 3.8) is 0 Å². The molecule has 1 fully saturated rings. The summed E-state index contributed by atoms with van der Waals surface area (Å²) in [6, 6.07) is 14.6. The van der Waals surface area contributed by atoms with Gasteiger partial charge in [0, 0.05) is 41.9 Å². The minimum Gasteiger partial charge on any atom is -0.310 e. The van der Waals surface area contributed by atoms with E-state index in [9.17, 15) is 13.6 Å². The number of benzene rings is 1. The molecule has 0 unspecified atom stereocenters. The fraction of sp³-hybridized carbons (Fsp3) is 0.222. The summed E-state index contributed by atoms with van der Waals surface area (Å²) < 4.78 is 27.6. The number of halogens is 2. The van der Waals surface area contributed by atoms with Crippen molar-refractivity contribution in [1.82, 2.24) is 20.2 Å². The summed E-state index contributed by atoms with van der Waals surface area (Å²) in [5, 5.41) is 10.7. The first-order valence-electron chi connectivity index (χ1n) is 11.3. The number of nitrogens with zero attached hydrogens (tertiary/aromatic N) is 4. The van der Waals surface area contributed by atoms with Crippen LogP contribution in [0.2, 0.25) is 0 Å². The third kappa shape index (κ3) is 5.06. The Morgan fingerprint density at radius 2 is 1.69 bits per heavy atom. The number of amides is 1. The molecule has 0 atom stereocenters. The van der Waals surface area contributed by atoms with Gasteiger partial charge in [0.15, 0.2) is 0 Å². The van der Waals surface area contributed by atoms with Crippen LogP contribution in [0.5, 0.6) is 0 Å². The fourth-order valence-electron chi connectivity index (χ4n) is 3.83. The second-order valence-electron chi connectivity index (χ2n) is 8.87. The van der Waals surface area contributed by atoms with Gasteiger partial charge in [-0.25, -0.2) is 13.8 Å². The summed E-state index contributed by atoms with van der Waals surface area (Å²) in [5.41, 5.74) is 5.30. The quantitative estimate of drug-likeness (QED) is 0.371. The molecule has 0 spiro atoms. The first kappa shape index (κ1) is 22.7. The number of anilines is 1. The Balaban J connectivity index is 1.48. The lowest BCUT2D eigenvalue weighted by atomic mass is 9.96. The summed E-state index contributed by atoms with van der Waals surface area (Å²) >= 11 is 0. The number of carbonyl (C=O) groups excluding carboxylic acids is 1. The molecule has 1 aromatic carbocycles. The molecule has 1 saturated carbocycles. The van der Waals surface area contributed by atoms with E-state index in [1.165, 1.54) is 6.07 Å². The molecule has 3 aromatic heterocycles. The molecule has 1 amide bonds. The van der Waals surface area contributed by atoms with Crippen molar-refractivity contribution in [2.24, 2.45) is 5.92 Å². The van der Waals surface area contributed by atoms with Gasteiger partial charge in [-0.05, 0) is 72.9 Å². The zero-order chi connectivity index (χ0) is 24.6. The minimum atomic E-state index is -3.00. The van der Waals surface area contributed by atoms with Gasteiger partial charge in [-0.1, -0.05) is 12.1 Å². The van der Waals surface area contributed by atoms with E-state index >= 15 is 0 Å². The van der Waals surface area contributed by atoms with E-state index in [1.54, 1.807) is 12.4 Å². The molecule has 35 heavy (non-hydrogen) atoms. The molecule has 1 aliphatic carbocycles. The topological polar surface area (TPSA) is 80.7 Å². The molecule has 3 heterocycles. The van der Waals surface area contributed by atoms with Crippen molar-refractivity contribution in [2.45, 2.75) is 32.6 Å². The van der Waals surface area contributed by atoms with Gasteiger partial charge in [0.1, 0.15) is 5.82 Å². The van der Waals surface area contributed by atoms with E-state index in [0.29, 0.717) is 17.1 Å². The van der Waals surface area contributed by atoms with Crippen LogP contribution in [0.25, 0.3) is 33.6 Å². The number of nitrogens with one attached hydrogen (secondary N) is 1. The Morgan fingerprint density at radius 1 is 0.943 bits per heavy atom. The predicted octanol–water partition coefficient (Wildman–Crippen LogP) is 6.04. The van der Waals surface area contributed by atoms with Crippen LogP contribution < -0.4 is 5.32 Å². The lowest BCUT2D eigenvalue weighted by molar-refractivity contribution is -0.117. The number of aryl methyl sites for hydroxylation is 1. The summed E-state index contributed by atoms with van der Waals surface area (Å²) in [7, 11) is 0. The van der Waals surface area contributed by atoms with Crippen molar-refractivity contribution >= 4 is 11.7 Å². The highest BCUT2D eigenvalue weighted by molar-refractivity contribution is 5.93. The molecular weight excluding hydrogens is 448 g/mol. The fourth-order valence-corrected chi connectivity index (χ4v) is 3.83. The predicted molar refractivity (Wildman–Crippen MR) is 130 cm³/mol. The van der Waals surface area contributed by atoms with Crippen LogP contribution >= 0.6 is 0 Å². The second kappa shape index (κ2) is 8.94. The van der Waals surface area contributed by atoms with Gasteiger partial charge in [0.25, 0.3) is 5.92 Å². The summed E-state index contributed by atoms with van der Waals surface area (Å²) in [6.07, 6.45) is 6.29. The Bertz CT molecular complexity index is 1410. The van der Waals surface area contributed by atoms with Crippen molar-refractivity contribution < 1.29 is 13.6 Å². The number of rotatable bonds is 6. The van der Waals surface area contributed by atoms with Crippen molar-refractivity contribution in [3.8, 4) is 33.6 Å². The number of carbonyl (C=O) groups is 1. The highest BCUT2D eigenvalue weighted by Gasteiger charge is 2.30. The number of alkyl halides is 2. The maximum Gasteiger partial charge on any atom is 0.272 e. The van der Waals surface area contributed by atoms with Gasteiger partial charge in [-0.2, -0.15) is 10.2 Å². The standard InChI is InChI=1S/C27H23F2N5O/c1-16-3-4-19(24-14-21(15-32-34-24)27(2,28)29)11-22(16)18-7-9-30-23(12-18)20-8-10-31-25(13-20)33-26(35)17-5-6-17/h3-4,7-15,17H,5-6H2,1-2H3,(H,31,33,35). The van der Waals surface area contributed by atoms with E-state index in [-0.39, 0.29) is 17.4 Å². The average molecular weight is 472 g/mol. The van der Waals surface area contributed by atoms with Gasteiger partial charge in [0.2, 0.25) is 5.91 Å². The molecule has 6 nitrogen and oxygen atoms in total. The normalized spacial score (nSPS) is 13.5. The molecular formula is C27H23F2N5O. The zero-order valence-corrected chi connectivity index (χ0v) is 19.3. The van der Waals surface area contributed by atoms with Gasteiger partial charge >= 0.3 is 0 Å². The maximum absolute atomic E-state index is 13.8. The minimum absolute atomic E-state index is 0.00296. The van der Waals surface area contributed by atoms with Crippen molar-refractivity contribution in [1.29, 1.82) is 0 Å². The average Bonchev–Trinajstić information content (AvgIpc) is 3.70. The molecule has 176 valence electrons. The highest BCUT2D eigenvalue weighted by Crippen LogP contribution is 2.33. The third-order valence-electron chi connectivity index (χ3n) is 6.02. The van der Waals surface area contributed by atoms with Crippen LogP contribution in [0.4, 0.5) is 14.6 Å². The van der Waals surface area contributed by atoms with Crippen LogP contribution in [0.1, 0.15) is 30.9 Å². The van der Waals surface area contributed by atoms with Crippen molar-refractivity contribution in [3.05, 3.63) is 78.2 Å². The number of aromatic nitrogens is 4. The molecule has 0 bridgehead atoms. The van der Waals surface area contributed by atoms with E-state index in [2.05, 4.69) is 25.5 Å². The molecule has 8 heteroatoms. The second-order valence-corrected chi connectivity index (χ2v) is 8.87. The Labute approximate surface area is 201 Å². The van der Waals surface area contributed by atoms with Crippen LogP contribution in [0, 0.1) is 12.8 Å². The molecule has 1 N–H and O–H groups in total. The summed E-state index contributed by atoms with van der Waals surface area (Å²) in [5.74, 6) is -2.42. The Kier molecular flexibility index (Phi) is 5.80. The lowest BCUT2D eigenvalue weighted by Crippen LogP contribution is -2.14. The molecule has 0 saturated heterocycles. The van der Waals surface area contributed by atoms with Crippen molar-refractivity contribution in [2.75, 3.05) is 5.32 Å². The first-order valence-corrected chi connectivity index (χ1v) is 11.3. The van der Waals surface area contributed by atoms with Crippen LogP contribution in [0.3, 0.4) is 0 Å². The van der Waals surface area contributed by atoms with E-state index in [4.69, 9.17) is 0 Å². The smallest absolute Gasteiger partial charge is 0.272 e. The molecule has 0 aliphatic heterocycles. The summed E-state index contributed by atoms with van der Waals surface area (Å²) in [4.78, 5) is 20.9. The lowest BCUT2D eigenvalue weighted by Gasteiger charge is -2.13. The van der Waals surface area contributed by atoms with Crippen LogP contribution in [-0.4, -0.2) is 26.1 Å². The van der Waals surface area contributed by atoms with E-state index in [0.717, 1.165) is 53.9 Å². The Hall–Kier alpha value is -4.07.